The summed E-state index contributed by atoms with van der Waals surface area (Å²) in [5.41, 5.74) is 3.19. The van der Waals surface area contributed by atoms with E-state index in [2.05, 4.69) is 11.9 Å². The minimum atomic E-state index is -0.570. The molecule has 27 heavy (non-hydrogen) atoms. The molecule has 0 unspecified atom stereocenters. The monoisotopic (exact) mass is 371 g/mol. The molecule has 0 aromatic heterocycles. The van der Waals surface area contributed by atoms with E-state index in [0.29, 0.717) is 11.3 Å². The molecule has 2 N–H and O–H groups in total. The molecule has 0 saturated carbocycles. The summed E-state index contributed by atoms with van der Waals surface area (Å²) in [6.45, 7) is 2.03. The van der Waals surface area contributed by atoms with E-state index in [-0.39, 0.29) is 24.4 Å². The molecule has 1 heterocycles. The van der Waals surface area contributed by atoms with Crippen molar-refractivity contribution >= 4 is 5.97 Å². The van der Waals surface area contributed by atoms with E-state index in [9.17, 15) is 15.0 Å². The van der Waals surface area contributed by atoms with Crippen molar-refractivity contribution in [1.82, 2.24) is 4.90 Å². The van der Waals surface area contributed by atoms with Crippen molar-refractivity contribution in [3.8, 4) is 11.5 Å². The van der Waals surface area contributed by atoms with Gasteiger partial charge in [-0.3, -0.25) is 9.69 Å². The van der Waals surface area contributed by atoms with E-state index in [1.54, 1.807) is 13.2 Å². The number of nitrogens with zero attached hydrogens (tertiary/aromatic N) is 1. The van der Waals surface area contributed by atoms with E-state index in [0.717, 1.165) is 36.1 Å². The van der Waals surface area contributed by atoms with Crippen LogP contribution >= 0.6 is 0 Å². The van der Waals surface area contributed by atoms with Gasteiger partial charge < -0.3 is 19.7 Å². The number of fused-ring (bicyclic) bond motifs is 1. The Balaban J connectivity index is 1.96. The Kier molecular flexibility index (Phi) is 4.28. The van der Waals surface area contributed by atoms with Gasteiger partial charge in [0.1, 0.15) is 6.10 Å². The number of rotatable bonds is 3. The van der Waals surface area contributed by atoms with Gasteiger partial charge >= 0.3 is 5.97 Å². The van der Waals surface area contributed by atoms with Crippen LogP contribution in [0, 0.1) is 0 Å². The number of aliphatic hydroxyl groups excluding tert-OH is 1. The lowest BCUT2D eigenvalue weighted by Gasteiger charge is -2.53. The van der Waals surface area contributed by atoms with Crippen LogP contribution in [0.4, 0.5) is 0 Å². The lowest BCUT2D eigenvalue weighted by Crippen LogP contribution is -2.55. The maximum Gasteiger partial charge on any atom is 0.303 e. The molecule has 2 aliphatic carbocycles. The molecular formula is C21H25NO5. The van der Waals surface area contributed by atoms with Gasteiger partial charge in [-0.05, 0) is 55.3 Å². The topological polar surface area (TPSA) is 79.2 Å². The highest BCUT2D eigenvalue weighted by molar-refractivity contribution is 5.68. The highest BCUT2D eigenvalue weighted by Crippen LogP contribution is 2.56. The number of phenolic OH excluding ortho intramolecular Hbond substituents is 1. The Morgan fingerprint density at radius 2 is 2.19 bits per heavy atom. The summed E-state index contributed by atoms with van der Waals surface area (Å²) in [7, 11) is 3.64. The molecule has 6 heteroatoms. The molecule has 1 saturated heterocycles. The molecule has 0 amide bonds. The van der Waals surface area contributed by atoms with Crippen molar-refractivity contribution in [3.05, 3.63) is 46.6 Å². The SMILES string of the molecule is COc1ccc2c(c1O)[C@@]13C=C(CO)[C@@H](OC(C)=O)C=C1[C@@H](C2)N(C)CC3. The zero-order valence-corrected chi connectivity index (χ0v) is 15.9. The zero-order chi connectivity index (χ0) is 19.3. The van der Waals surface area contributed by atoms with Crippen molar-refractivity contribution < 1.29 is 24.5 Å². The first-order chi connectivity index (χ1) is 12.9. The first-order valence-electron chi connectivity index (χ1n) is 9.22. The zero-order valence-electron chi connectivity index (χ0n) is 15.9. The van der Waals surface area contributed by atoms with Crippen molar-refractivity contribution in [1.29, 1.82) is 0 Å². The minimum absolute atomic E-state index is 0.156. The Labute approximate surface area is 158 Å². The van der Waals surface area contributed by atoms with E-state index in [1.165, 1.54) is 6.92 Å². The maximum absolute atomic E-state index is 11.6. The van der Waals surface area contributed by atoms with Gasteiger partial charge in [0.25, 0.3) is 0 Å². The van der Waals surface area contributed by atoms with Gasteiger partial charge in [-0.2, -0.15) is 0 Å². The third kappa shape index (κ3) is 2.58. The summed E-state index contributed by atoms with van der Waals surface area (Å²) in [6, 6.07) is 3.98. The number of aromatic hydroxyl groups is 1. The summed E-state index contributed by atoms with van der Waals surface area (Å²) < 4.78 is 10.8. The van der Waals surface area contributed by atoms with Crippen molar-refractivity contribution in [2.24, 2.45) is 0 Å². The number of carbonyl (C=O) groups excluding carboxylic acids is 1. The number of ether oxygens (including phenoxy) is 2. The summed E-state index contributed by atoms with van der Waals surface area (Å²) >= 11 is 0. The largest absolute Gasteiger partial charge is 0.504 e. The molecular weight excluding hydrogens is 346 g/mol. The van der Waals surface area contributed by atoms with Crippen LogP contribution in [0.15, 0.2) is 35.4 Å². The summed E-state index contributed by atoms with van der Waals surface area (Å²) in [5, 5.41) is 20.9. The fourth-order valence-electron chi connectivity index (χ4n) is 4.96. The van der Waals surface area contributed by atoms with Crippen LogP contribution in [0.3, 0.4) is 0 Å². The molecule has 0 radical (unpaired) electrons. The Hall–Kier alpha value is -2.31. The van der Waals surface area contributed by atoms with Gasteiger partial charge in [-0.15, -0.1) is 0 Å². The van der Waals surface area contributed by atoms with Crippen LogP contribution < -0.4 is 4.74 Å². The number of aliphatic hydroxyl groups is 1. The molecule has 3 atom stereocenters. The van der Waals surface area contributed by atoms with E-state index < -0.39 is 11.5 Å². The lowest BCUT2D eigenvalue weighted by atomic mass is 9.57. The number of allylic oxidation sites excluding steroid dienone is 1. The van der Waals surface area contributed by atoms with Crippen LogP contribution in [-0.2, 0) is 21.4 Å². The van der Waals surface area contributed by atoms with Crippen LogP contribution in [0.25, 0.3) is 0 Å². The number of esters is 1. The van der Waals surface area contributed by atoms with Gasteiger partial charge in [0, 0.05) is 23.9 Å². The minimum Gasteiger partial charge on any atom is -0.504 e. The van der Waals surface area contributed by atoms with Crippen LogP contribution in [0.1, 0.15) is 24.5 Å². The van der Waals surface area contributed by atoms with Crippen molar-refractivity contribution in [2.45, 2.75) is 37.3 Å². The van der Waals surface area contributed by atoms with Gasteiger partial charge in [0.15, 0.2) is 11.5 Å². The fraction of sp³-hybridized carbons (Fsp3) is 0.476. The summed E-state index contributed by atoms with van der Waals surface area (Å²) in [4.78, 5) is 13.9. The molecule has 1 aliphatic heterocycles. The van der Waals surface area contributed by atoms with Crippen molar-refractivity contribution in [2.75, 3.05) is 27.3 Å². The third-order valence-electron chi connectivity index (χ3n) is 6.18. The predicted molar refractivity (Wildman–Crippen MR) is 99.9 cm³/mol. The first kappa shape index (κ1) is 18.1. The maximum atomic E-state index is 11.6. The third-order valence-corrected chi connectivity index (χ3v) is 6.18. The quantitative estimate of drug-likeness (QED) is 0.622. The number of piperidine rings is 1. The number of hydrogen-bond donors (Lipinski definition) is 2. The first-order valence-corrected chi connectivity index (χ1v) is 9.22. The summed E-state index contributed by atoms with van der Waals surface area (Å²) in [6.07, 6.45) is 4.95. The molecule has 144 valence electrons. The van der Waals surface area contributed by atoms with Gasteiger partial charge in [0.2, 0.25) is 0 Å². The fourth-order valence-corrected chi connectivity index (χ4v) is 4.96. The lowest BCUT2D eigenvalue weighted by molar-refractivity contribution is -0.143. The second-order valence-corrected chi connectivity index (χ2v) is 7.60. The average molecular weight is 371 g/mol. The molecule has 2 bridgehead atoms. The smallest absolute Gasteiger partial charge is 0.303 e. The van der Waals surface area contributed by atoms with Gasteiger partial charge in [-0.1, -0.05) is 12.1 Å². The summed E-state index contributed by atoms with van der Waals surface area (Å²) in [5.74, 6) is 0.218. The molecule has 6 nitrogen and oxygen atoms in total. The second kappa shape index (κ2) is 6.39. The normalized spacial score (nSPS) is 29.2. The average Bonchev–Trinajstić information content (AvgIpc) is 2.64. The predicted octanol–water partition coefficient (Wildman–Crippen LogP) is 1.69. The highest BCUT2D eigenvalue weighted by atomic mass is 16.5. The number of likely N-dealkylation sites (N-methyl/N-ethyl adjacent to an activating group) is 1. The number of benzene rings is 1. The Bertz CT molecular complexity index is 858. The molecule has 3 aliphatic rings. The molecule has 4 rings (SSSR count). The van der Waals surface area contributed by atoms with E-state index in [4.69, 9.17) is 9.47 Å². The van der Waals surface area contributed by atoms with Crippen LogP contribution in [0.5, 0.6) is 11.5 Å². The van der Waals surface area contributed by atoms with Gasteiger partial charge in [-0.25, -0.2) is 0 Å². The molecule has 1 aromatic rings. The van der Waals surface area contributed by atoms with Crippen LogP contribution in [0.2, 0.25) is 0 Å². The Morgan fingerprint density at radius 1 is 1.41 bits per heavy atom. The number of carbonyl (C=O) groups is 1. The highest BCUT2D eigenvalue weighted by Gasteiger charge is 2.51. The van der Waals surface area contributed by atoms with Crippen molar-refractivity contribution in [3.63, 3.8) is 0 Å². The number of hydrogen-bond acceptors (Lipinski definition) is 6. The number of likely N-dealkylation sites (tertiary alicyclic amines) is 1. The van der Waals surface area contributed by atoms with Gasteiger partial charge in [0.05, 0.1) is 13.7 Å². The number of methoxy groups -OCH3 is 1. The molecule has 1 aromatic carbocycles. The Morgan fingerprint density at radius 3 is 2.85 bits per heavy atom. The molecule has 1 fully saturated rings. The van der Waals surface area contributed by atoms with E-state index in [1.807, 2.05) is 18.2 Å². The van der Waals surface area contributed by atoms with Crippen LogP contribution in [-0.4, -0.2) is 60.5 Å². The number of phenols is 1. The molecule has 0 spiro atoms. The van der Waals surface area contributed by atoms with E-state index >= 15 is 0 Å². The standard InChI is InChI=1S/C21H25NO5/c1-12(24)27-18-9-15-16-8-13-4-5-17(26-3)20(25)19(13)21(15,6-7-22(16)2)10-14(18)11-23/h4-5,9-10,16,18,23,25H,6-8,11H2,1-3H3/t16-,18+,21+/m1/s1. The second-order valence-electron chi connectivity index (χ2n) is 7.60.